The number of halogens is 2. The van der Waals surface area contributed by atoms with Crippen molar-refractivity contribution in [3.05, 3.63) is 46.5 Å². The standard InChI is InChI=1S/C19H26Cl2N2O/c1-19(2,3)15-12-16(20)18(17(21)13-15)24-11-7-5-4-6-9-23-10-8-22-14-23/h8,10,12-14H,4-7,9,11H2,1-3H3. The zero-order valence-electron chi connectivity index (χ0n) is 14.7. The second-order valence-corrected chi connectivity index (χ2v) is 7.90. The molecule has 0 aliphatic rings. The van der Waals surface area contributed by atoms with Crippen LogP contribution in [0.15, 0.2) is 30.9 Å². The van der Waals surface area contributed by atoms with E-state index in [1.807, 2.05) is 30.9 Å². The normalized spacial score (nSPS) is 11.7. The van der Waals surface area contributed by atoms with E-state index in [0.717, 1.165) is 31.4 Å². The average Bonchev–Trinajstić information content (AvgIpc) is 3.00. The van der Waals surface area contributed by atoms with E-state index in [1.54, 1.807) is 0 Å². The first kappa shape index (κ1) is 19.1. The van der Waals surface area contributed by atoms with Gasteiger partial charge in [0.2, 0.25) is 0 Å². The van der Waals surface area contributed by atoms with Crippen molar-refractivity contribution in [1.82, 2.24) is 9.55 Å². The van der Waals surface area contributed by atoms with Crippen LogP contribution >= 0.6 is 23.2 Å². The van der Waals surface area contributed by atoms with Crippen LogP contribution in [0.3, 0.4) is 0 Å². The lowest BCUT2D eigenvalue weighted by Gasteiger charge is -2.21. The lowest BCUT2D eigenvalue weighted by molar-refractivity contribution is 0.304. The second-order valence-electron chi connectivity index (χ2n) is 7.08. The number of aryl methyl sites for hydroxylation is 1. The van der Waals surface area contributed by atoms with Gasteiger partial charge in [-0.2, -0.15) is 0 Å². The van der Waals surface area contributed by atoms with Gasteiger partial charge in [-0.05, 0) is 36.0 Å². The third kappa shape index (κ3) is 5.71. The molecule has 0 bridgehead atoms. The third-order valence-electron chi connectivity index (χ3n) is 3.98. The number of aromatic nitrogens is 2. The number of imidazole rings is 1. The van der Waals surface area contributed by atoms with E-state index in [2.05, 4.69) is 30.3 Å². The molecule has 0 aliphatic carbocycles. The molecule has 0 radical (unpaired) electrons. The summed E-state index contributed by atoms with van der Waals surface area (Å²) in [7, 11) is 0. The molecule has 0 atom stereocenters. The smallest absolute Gasteiger partial charge is 0.156 e. The summed E-state index contributed by atoms with van der Waals surface area (Å²) >= 11 is 12.7. The van der Waals surface area contributed by atoms with E-state index in [4.69, 9.17) is 27.9 Å². The van der Waals surface area contributed by atoms with Gasteiger partial charge in [-0.1, -0.05) is 56.8 Å². The van der Waals surface area contributed by atoms with Crippen molar-refractivity contribution >= 4 is 23.2 Å². The van der Waals surface area contributed by atoms with Crippen molar-refractivity contribution < 1.29 is 4.74 Å². The Morgan fingerprint density at radius 3 is 2.29 bits per heavy atom. The lowest BCUT2D eigenvalue weighted by Crippen LogP contribution is -2.11. The van der Waals surface area contributed by atoms with Gasteiger partial charge in [0.1, 0.15) is 0 Å². The molecule has 3 nitrogen and oxygen atoms in total. The fourth-order valence-corrected chi connectivity index (χ4v) is 3.07. The quantitative estimate of drug-likeness (QED) is 0.524. The molecule has 0 spiro atoms. The Morgan fingerprint density at radius 2 is 1.71 bits per heavy atom. The Morgan fingerprint density at radius 1 is 1.04 bits per heavy atom. The van der Waals surface area contributed by atoms with Crippen molar-refractivity contribution in [2.45, 2.75) is 58.4 Å². The zero-order valence-corrected chi connectivity index (χ0v) is 16.2. The Hall–Kier alpha value is -1.19. The summed E-state index contributed by atoms with van der Waals surface area (Å²) in [5.74, 6) is 0.602. The van der Waals surface area contributed by atoms with Gasteiger partial charge in [0.05, 0.1) is 23.0 Å². The van der Waals surface area contributed by atoms with Gasteiger partial charge in [-0.3, -0.25) is 0 Å². The van der Waals surface area contributed by atoms with E-state index in [0.29, 0.717) is 22.4 Å². The molecular weight excluding hydrogens is 343 g/mol. The molecule has 0 aliphatic heterocycles. The van der Waals surface area contributed by atoms with E-state index in [9.17, 15) is 0 Å². The van der Waals surface area contributed by atoms with Crippen molar-refractivity contribution in [2.75, 3.05) is 6.61 Å². The maximum absolute atomic E-state index is 6.34. The Bertz CT molecular complexity index is 610. The SMILES string of the molecule is CC(C)(C)c1cc(Cl)c(OCCCCCCn2ccnc2)c(Cl)c1. The third-order valence-corrected chi connectivity index (χ3v) is 4.54. The van der Waals surface area contributed by atoms with Gasteiger partial charge >= 0.3 is 0 Å². The van der Waals surface area contributed by atoms with Crippen LogP contribution in [-0.2, 0) is 12.0 Å². The van der Waals surface area contributed by atoms with Crippen LogP contribution in [0.5, 0.6) is 5.75 Å². The highest BCUT2D eigenvalue weighted by atomic mass is 35.5. The molecule has 5 heteroatoms. The highest BCUT2D eigenvalue weighted by molar-refractivity contribution is 6.37. The molecule has 1 heterocycles. The number of benzene rings is 1. The zero-order chi connectivity index (χ0) is 17.6. The predicted molar refractivity (Wildman–Crippen MR) is 101 cm³/mol. The fourth-order valence-electron chi connectivity index (χ4n) is 2.47. The van der Waals surface area contributed by atoms with E-state index < -0.39 is 0 Å². The summed E-state index contributed by atoms with van der Waals surface area (Å²) in [4.78, 5) is 4.04. The summed E-state index contributed by atoms with van der Waals surface area (Å²) in [6, 6.07) is 3.90. The lowest BCUT2D eigenvalue weighted by atomic mass is 9.87. The number of ether oxygens (including phenoxy) is 1. The largest absolute Gasteiger partial charge is 0.490 e. The monoisotopic (exact) mass is 368 g/mol. The van der Waals surface area contributed by atoms with Crippen LogP contribution in [0.2, 0.25) is 10.0 Å². The summed E-state index contributed by atoms with van der Waals surface area (Å²) in [5, 5.41) is 1.18. The molecule has 0 amide bonds. The molecule has 0 saturated heterocycles. The minimum absolute atomic E-state index is 0.0149. The first-order valence-electron chi connectivity index (χ1n) is 8.46. The molecule has 0 saturated carbocycles. The van der Waals surface area contributed by atoms with Crippen LogP contribution in [0.25, 0.3) is 0 Å². The molecule has 0 unspecified atom stereocenters. The van der Waals surface area contributed by atoms with Crippen LogP contribution in [-0.4, -0.2) is 16.2 Å². The maximum Gasteiger partial charge on any atom is 0.156 e. The minimum Gasteiger partial charge on any atom is -0.490 e. The second kappa shape index (κ2) is 8.77. The number of unbranched alkanes of at least 4 members (excludes halogenated alkanes) is 3. The number of hydrogen-bond acceptors (Lipinski definition) is 2. The first-order valence-corrected chi connectivity index (χ1v) is 9.21. The minimum atomic E-state index is 0.0149. The summed E-state index contributed by atoms with van der Waals surface area (Å²) in [6.07, 6.45) is 10.1. The Kier molecular flexibility index (Phi) is 7.00. The molecular formula is C19H26Cl2N2O. The van der Waals surface area contributed by atoms with E-state index in [-0.39, 0.29) is 5.41 Å². The van der Waals surface area contributed by atoms with E-state index in [1.165, 1.54) is 6.42 Å². The Balaban J connectivity index is 1.72. The van der Waals surface area contributed by atoms with E-state index >= 15 is 0 Å². The molecule has 2 rings (SSSR count). The number of nitrogens with zero attached hydrogens (tertiary/aromatic N) is 2. The molecule has 0 fully saturated rings. The molecule has 2 aromatic rings. The Labute approximate surface area is 154 Å². The molecule has 0 N–H and O–H groups in total. The summed E-state index contributed by atoms with van der Waals surface area (Å²) < 4.78 is 7.91. The van der Waals surface area contributed by atoms with Gasteiger partial charge in [0.15, 0.2) is 5.75 Å². The van der Waals surface area contributed by atoms with Crippen LogP contribution < -0.4 is 4.74 Å². The molecule has 132 valence electrons. The summed E-state index contributed by atoms with van der Waals surface area (Å²) in [6.45, 7) is 8.07. The highest BCUT2D eigenvalue weighted by Gasteiger charge is 2.18. The topological polar surface area (TPSA) is 27.1 Å². The molecule has 24 heavy (non-hydrogen) atoms. The van der Waals surface area contributed by atoms with Crippen LogP contribution in [0.4, 0.5) is 0 Å². The van der Waals surface area contributed by atoms with Gasteiger partial charge in [-0.15, -0.1) is 0 Å². The van der Waals surface area contributed by atoms with Gasteiger partial charge in [-0.25, -0.2) is 4.98 Å². The van der Waals surface area contributed by atoms with Crippen molar-refractivity contribution in [2.24, 2.45) is 0 Å². The molecule has 1 aromatic heterocycles. The predicted octanol–water partition coefficient (Wildman–Crippen LogP) is 6.13. The van der Waals surface area contributed by atoms with Gasteiger partial charge in [0.25, 0.3) is 0 Å². The highest BCUT2D eigenvalue weighted by Crippen LogP contribution is 2.37. The first-order chi connectivity index (χ1) is 11.4. The van der Waals surface area contributed by atoms with Crippen LogP contribution in [0, 0.1) is 0 Å². The van der Waals surface area contributed by atoms with Crippen molar-refractivity contribution in [1.29, 1.82) is 0 Å². The van der Waals surface area contributed by atoms with Crippen molar-refractivity contribution in [3.63, 3.8) is 0 Å². The number of hydrogen-bond donors (Lipinski definition) is 0. The van der Waals surface area contributed by atoms with Crippen molar-refractivity contribution in [3.8, 4) is 5.75 Å². The molecule has 1 aromatic carbocycles. The average molecular weight is 369 g/mol. The maximum atomic E-state index is 6.34. The van der Waals surface area contributed by atoms with Crippen LogP contribution in [0.1, 0.15) is 52.0 Å². The fraction of sp³-hybridized carbons (Fsp3) is 0.526. The van der Waals surface area contributed by atoms with Gasteiger partial charge < -0.3 is 9.30 Å². The van der Waals surface area contributed by atoms with Gasteiger partial charge in [0, 0.05) is 18.9 Å². The summed E-state index contributed by atoms with van der Waals surface area (Å²) in [5.41, 5.74) is 1.13. The number of rotatable bonds is 8.